The molecule has 0 spiro atoms. The maximum Gasteiger partial charge on any atom is 0.220 e. The second-order valence-corrected chi connectivity index (χ2v) is 7.89. The van der Waals surface area contributed by atoms with Crippen molar-refractivity contribution in [1.82, 2.24) is 20.2 Å². The van der Waals surface area contributed by atoms with Gasteiger partial charge in [-0.2, -0.15) is 0 Å². The third-order valence-corrected chi connectivity index (χ3v) is 6.13. The number of nitrogens with one attached hydrogen (secondary N) is 1. The number of nitrogens with zero attached hydrogens (tertiary/aromatic N) is 3. The first kappa shape index (κ1) is 16.9. The van der Waals surface area contributed by atoms with Crippen LogP contribution in [0, 0.1) is 24.7 Å². The molecule has 0 bridgehead atoms. The van der Waals surface area contributed by atoms with Gasteiger partial charge < -0.3 is 10.1 Å². The van der Waals surface area contributed by atoms with Gasteiger partial charge in [-0.15, -0.1) is 0 Å². The number of hydrogen-bond acceptors (Lipinski definition) is 5. The summed E-state index contributed by atoms with van der Waals surface area (Å²) in [5.41, 5.74) is 1.69. The minimum absolute atomic E-state index is 0.0960. The second-order valence-electron chi connectivity index (χ2n) is 7.89. The molecule has 3 fully saturated rings. The molecule has 0 aromatic carbocycles. The fraction of sp³-hybridized carbons (Fsp3) is 0.737. The average Bonchev–Trinajstić information content (AvgIpc) is 2.97. The number of carbonyl (C=O) groups excluding carboxylic acids is 1. The predicted octanol–water partition coefficient (Wildman–Crippen LogP) is 1.54. The summed E-state index contributed by atoms with van der Waals surface area (Å²) >= 11 is 0. The van der Waals surface area contributed by atoms with E-state index in [1.54, 1.807) is 12.4 Å². The maximum atomic E-state index is 12.4. The molecule has 2 saturated heterocycles. The normalized spacial score (nSPS) is 29.9. The van der Waals surface area contributed by atoms with Gasteiger partial charge in [-0.1, -0.05) is 6.42 Å². The zero-order valence-corrected chi connectivity index (χ0v) is 15.0. The number of ether oxygens (including phenoxy) is 1. The number of carbonyl (C=O) groups is 1. The molecule has 0 radical (unpaired) electrons. The lowest BCUT2D eigenvalue weighted by Gasteiger charge is -2.35. The van der Waals surface area contributed by atoms with Crippen LogP contribution >= 0.6 is 0 Å². The molecule has 136 valence electrons. The molecule has 3 atom stereocenters. The van der Waals surface area contributed by atoms with Crippen molar-refractivity contribution in [2.75, 3.05) is 26.3 Å². The lowest BCUT2D eigenvalue weighted by molar-refractivity contribution is -0.124. The lowest BCUT2D eigenvalue weighted by Crippen LogP contribution is -2.39. The van der Waals surface area contributed by atoms with Gasteiger partial charge in [0.15, 0.2) is 0 Å². The van der Waals surface area contributed by atoms with Gasteiger partial charge >= 0.3 is 0 Å². The Bertz CT molecular complexity index is 602. The van der Waals surface area contributed by atoms with E-state index in [1.807, 2.05) is 6.92 Å². The van der Waals surface area contributed by atoms with E-state index in [0.717, 1.165) is 43.7 Å². The van der Waals surface area contributed by atoms with Gasteiger partial charge in [-0.05, 0) is 37.5 Å². The largest absolute Gasteiger partial charge is 0.381 e. The summed E-state index contributed by atoms with van der Waals surface area (Å²) in [5.74, 6) is 1.65. The van der Waals surface area contributed by atoms with Crippen LogP contribution in [-0.2, 0) is 16.1 Å². The number of aryl methyl sites for hydroxylation is 1. The van der Waals surface area contributed by atoms with Gasteiger partial charge in [0.05, 0.1) is 37.3 Å². The highest BCUT2D eigenvalue weighted by atomic mass is 16.5. The highest BCUT2D eigenvalue weighted by Crippen LogP contribution is 2.39. The maximum absolute atomic E-state index is 12.4. The Morgan fingerprint density at radius 3 is 2.88 bits per heavy atom. The van der Waals surface area contributed by atoms with Crippen molar-refractivity contribution in [3.63, 3.8) is 0 Å². The monoisotopic (exact) mass is 344 g/mol. The predicted molar refractivity (Wildman–Crippen MR) is 93.7 cm³/mol. The summed E-state index contributed by atoms with van der Waals surface area (Å²) in [5, 5.41) is 2.99. The summed E-state index contributed by atoms with van der Waals surface area (Å²) < 4.78 is 5.82. The molecular formula is C19H28N4O2. The summed E-state index contributed by atoms with van der Waals surface area (Å²) in [6, 6.07) is 0.792. The van der Waals surface area contributed by atoms with E-state index in [-0.39, 0.29) is 5.91 Å². The number of hydrogen-bond donors (Lipinski definition) is 1. The molecule has 1 saturated carbocycles. The molecule has 0 unspecified atom stereocenters. The van der Waals surface area contributed by atoms with Gasteiger partial charge in [0.1, 0.15) is 0 Å². The third-order valence-electron chi connectivity index (χ3n) is 6.13. The lowest BCUT2D eigenvalue weighted by atomic mass is 9.81. The van der Waals surface area contributed by atoms with E-state index in [2.05, 4.69) is 20.2 Å². The van der Waals surface area contributed by atoms with Crippen LogP contribution in [0.15, 0.2) is 12.4 Å². The first-order valence-electron chi connectivity index (χ1n) is 9.55. The SMILES string of the molecule is Cc1cnc(CNC(=O)C[C@@H]2COC[C@H]3CN(C4CCC4)C[C@@H]23)cn1. The van der Waals surface area contributed by atoms with E-state index in [9.17, 15) is 4.79 Å². The number of amides is 1. The van der Waals surface area contributed by atoms with Crippen LogP contribution in [0.1, 0.15) is 37.1 Å². The van der Waals surface area contributed by atoms with Crippen LogP contribution in [0.3, 0.4) is 0 Å². The van der Waals surface area contributed by atoms with Gasteiger partial charge in [0, 0.05) is 31.7 Å². The molecular weight excluding hydrogens is 316 g/mol. The van der Waals surface area contributed by atoms with Gasteiger partial charge in [-0.3, -0.25) is 19.7 Å². The Morgan fingerprint density at radius 2 is 2.16 bits per heavy atom. The molecule has 2 aliphatic heterocycles. The molecule has 4 rings (SSSR count). The van der Waals surface area contributed by atoms with Crippen LogP contribution in [0.5, 0.6) is 0 Å². The molecule has 25 heavy (non-hydrogen) atoms. The first-order valence-corrected chi connectivity index (χ1v) is 9.55. The van der Waals surface area contributed by atoms with E-state index in [0.29, 0.717) is 30.7 Å². The Kier molecular flexibility index (Phi) is 4.99. The fourth-order valence-electron chi connectivity index (χ4n) is 4.41. The van der Waals surface area contributed by atoms with Crippen molar-refractivity contribution in [2.24, 2.45) is 17.8 Å². The standard InChI is InChI=1S/C19H28N4O2/c1-13-6-21-16(7-20-13)8-22-19(24)5-14-11-25-12-15-9-23(10-18(14)15)17-3-2-4-17/h6-7,14-15,17-18H,2-5,8-12H2,1H3,(H,22,24)/t14-,15-,18+/m1/s1. The van der Waals surface area contributed by atoms with Crippen molar-refractivity contribution in [1.29, 1.82) is 0 Å². The van der Waals surface area contributed by atoms with E-state index in [1.165, 1.54) is 19.3 Å². The van der Waals surface area contributed by atoms with Crippen molar-refractivity contribution < 1.29 is 9.53 Å². The smallest absolute Gasteiger partial charge is 0.220 e. The van der Waals surface area contributed by atoms with Crippen LogP contribution in [-0.4, -0.2) is 53.1 Å². The van der Waals surface area contributed by atoms with Gasteiger partial charge in [-0.25, -0.2) is 0 Å². The van der Waals surface area contributed by atoms with Crippen LogP contribution in [0.25, 0.3) is 0 Å². The van der Waals surface area contributed by atoms with Crippen molar-refractivity contribution in [3.8, 4) is 0 Å². The van der Waals surface area contributed by atoms with Crippen LogP contribution in [0.2, 0.25) is 0 Å². The molecule has 1 N–H and O–H groups in total. The number of likely N-dealkylation sites (tertiary alicyclic amines) is 1. The Morgan fingerprint density at radius 1 is 1.28 bits per heavy atom. The van der Waals surface area contributed by atoms with E-state index in [4.69, 9.17) is 4.74 Å². The summed E-state index contributed by atoms with van der Waals surface area (Å²) in [4.78, 5) is 23.5. The number of rotatable bonds is 5. The third kappa shape index (κ3) is 3.85. The number of fused-ring (bicyclic) bond motifs is 1. The van der Waals surface area contributed by atoms with Crippen LogP contribution < -0.4 is 5.32 Å². The molecule has 1 aliphatic carbocycles. The Labute approximate surface area is 149 Å². The first-order chi connectivity index (χ1) is 12.2. The quantitative estimate of drug-likeness (QED) is 0.878. The van der Waals surface area contributed by atoms with E-state index < -0.39 is 0 Å². The molecule has 1 aromatic heterocycles. The van der Waals surface area contributed by atoms with Gasteiger partial charge in [0.2, 0.25) is 5.91 Å². The summed E-state index contributed by atoms with van der Waals surface area (Å²) in [6.45, 7) is 6.25. The average molecular weight is 344 g/mol. The van der Waals surface area contributed by atoms with Crippen molar-refractivity contribution in [3.05, 3.63) is 23.8 Å². The molecule has 6 heteroatoms. The minimum Gasteiger partial charge on any atom is -0.381 e. The minimum atomic E-state index is 0.0960. The number of aromatic nitrogens is 2. The zero-order valence-electron chi connectivity index (χ0n) is 15.0. The van der Waals surface area contributed by atoms with Crippen molar-refractivity contribution >= 4 is 5.91 Å². The molecule has 6 nitrogen and oxygen atoms in total. The van der Waals surface area contributed by atoms with Gasteiger partial charge in [0.25, 0.3) is 0 Å². The Balaban J connectivity index is 1.29. The Hall–Kier alpha value is -1.53. The molecule has 1 aromatic rings. The summed E-state index contributed by atoms with van der Waals surface area (Å²) in [6.07, 6.45) is 8.09. The molecule has 1 amide bonds. The zero-order chi connectivity index (χ0) is 17.2. The fourth-order valence-corrected chi connectivity index (χ4v) is 4.41. The topological polar surface area (TPSA) is 67.3 Å². The second kappa shape index (κ2) is 7.38. The molecule has 3 heterocycles. The molecule has 3 aliphatic rings. The van der Waals surface area contributed by atoms with Crippen molar-refractivity contribution in [2.45, 2.75) is 45.2 Å². The highest BCUT2D eigenvalue weighted by Gasteiger charge is 2.44. The van der Waals surface area contributed by atoms with Crippen LogP contribution in [0.4, 0.5) is 0 Å². The summed E-state index contributed by atoms with van der Waals surface area (Å²) in [7, 11) is 0. The highest BCUT2D eigenvalue weighted by molar-refractivity contribution is 5.76. The van der Waals surface area contributed by atoms with E-state index >= 15 is 0 Å².